The minimum atomic E-state index is -2.31. The van der Waals surface area contributed by atoms with E-state index >= 15 is 0 Å². The molecule has 0 heterocycles. The van der Waals surface area contributed by atoms with E-state index in [-0.39, 0.29) is 0 Å². The van der Waals surface area contributed by atoms with Gasteiger partial charge in [0.05, 0.1) is 6.42 Å². The smallest absolute Gasteiger partial charge is 0.342 e. The normalized spacial score (nSPS) is 13.8. The molecule has 0 aliphatic carbocycles. The molecule has 0 bridgehead atoms. The van der Waals surface area contributed by atoms with Gasteiger partial charge in [0.15, 0.2) is 11.3 Å². The van der Waals surface area contributed by atoms with Crippen LogP contribution in [0.3, 0.4) is 0 Å². The maximum atomic E-state index is 11.2. The number of carboxylic acids is 1. The van der Waals surface area contributed by atoms with Gasteiger partial charge in [-0.25, -0.2) is 4.79 Å². The fraction of sp³-hybridized carbons (Fsp3) is 0.500. The van der Waals surface area contributed by atoms with Crippen LogP contribution in [0.25, 0.3) is 0 Å². The summed E-state index contributed by atoms with van der Waals surface area (Å²) in [6, 6.07) is 0. The molecule has 1 unspecified atom stereocenters. The molecule has 0 aromatic rings. The van der Waals surface area contributed by atoms with Crippen molar-refractivity contribution in [2.75, 3.05) is 0 Å². The van der Waals surface area contributed by atoms with Crippen LogP contribution in [0.1, 0.15) is 20.3 Å². The maximum Gasteiger partial charge on any atom is 0.342 e. The molecule has 0 radical (unpaired) electrons. The summed E-state index contributed by atoms with van der Waals surface area (Å²) >= 11 is 0. The van der Waals surface area contributed by atoms with Gasteiger partial charge in [-0.3, -0.25) is 14.4 Å². The number of carbonyl (C=O) groups is 4. The monoisotopic (exact) mass is 217 g/mol. The fourth-order valence-corrected chi connectivity index (χ4v) is 0.801. The first kappa shape index (κ1) is 13.2. The fourth-order valence-electron chi connectivity index (χ4n) is 0.801. The highest BCUT2D eigenvalue weighted by atomic mass is 16.6. The number of hydrogen-bond donors (Lipinski definition) is 2. The molecule has 3 N–H and O–H groups in total. The van der Waals surface area contributed by atoms with Crippen molar-refractivity contribution in [1.82, 2.24) is 0 Å². The van der Waals surface area contributed by atoms with Crippen LogP contribution >= 0.6 is 0 Å². The lowest BCUT2D eigenvalue weighted by atomic mass is 9.92. The molecule has 0 aliphatic rings. The first-order chi connectivity index (χ1) is 6.70. The minimum absolute atomic E-state index is 0.879. The zero-order chi connectivity index (χ0) is 12.2. The van der Waals surface area contributed by atoms with E-state index in [0.29, 0.717) is 0 Å². The highest BCUT2D eigenvalue weighted by Gasteiger charge is 2.43. The van der Waals surface area contributed by atoms with Gasteiger partial charge in [-0.15, -0.1) is 0 Å². The number of nitrogens with two attached hydrogens (primary N) is 1. The summed E-state index contributed by atoms with van der Waals surface area (Å²) in [6.07, 6.45) is -0.922. The van der Waals surface area contributed by atoms with Crippen LogP contribution in [0.5, 0.6) is 0 Å². The van der Waals surface area contributed by atoms with Crippen LogP contribution in [0.15, 0.2) is 0 Å². The summed E-state index contributed by atoms with van der Waals surface area (Å²) in [5, 5.41) is 8.46. The number of carboxylic acid groups (broad SMARTS) is 1. The van der Waals surface area contributed by atoms with Gasteiger partial charge >= 0.3 is 17.9 Å². The summed E-state index contributed by atoms with van der Waals surface area (Å²) in [5.41, 5.74) is 2.97. The second-order valence-corrected chi connectivity index (χ2v) is 2.98. The lowest BCUT2D eigenvalue weighted by Crippen LogP contribution is -2.56. The lowest BCUT2D eigenvalue weighted by molar-refractivity contribution is -0.165. The van der Waals surface area contributed by atoms with Gasteiger partial charge in [0.25, 0.3) is 0 Å². The Morgan fingerprint density at radius 2 is 1.73 bits per heavy atom. The van der Waals surface area contributed by atoms with Crippen LogP contribution in [0.2, 0.25) is 0 Å². The molecule has 0 fully saturated rings. The Balaban J connectivity index is 4.94. The van der Waals surface area contributed by atoms with Gasteiger partial charge in [0, 0.05) is 6.92 Å². The third kappa shape index (κ3) is 3.47. The van der Waals surface area contributed by atoms with Gasteiger partial charge in [0.1, 0.15) is 0 Å². The molecule has 0 rings (SSSR count). The predicted molar refractivity (Wildman–Crippen MR) is 46.6 cm³/mol. The van der Waals surface area contributed by atoms with E-state index < -0.39 is 35.7 Å². The molecule has 0 saturated heterocycles. The van der Waals surface area contributed by atoms with Crippen molar-refractivity contribution in [3.8, 4) is 0 Å². The topological polar surface area (TPSA) is 124 Å². The number of carbonyl (C=O) groups excluding carboxylic acids is 3. The van der Waals surface area contributed by atoms with Gasteiger partial charge in [-0.1, -0.05) is 0 Å². The van der Waals surface area contributed by atoms with Crippen LogP contribution in [-0.4, -0.2) is 34.3 Å². The Morgan fingerprint density at radius 3 is 2.00 bits per heavy atom. The highest BCUT2D eigenvalue weighted by Crippen LogP contribution is 2.11. The minimum Gasteiger partial charge on any atom is -0.481 e. The molecule has 1 atom stereocenters. The first-order valence-electron chi connectivity index (χ1n) is 3.94. The highest BCUT2D eigenvalue weighted by molar-refractivity contribution is 6.11. The molecule has 0 spiro atoms. The van der Waals surface area contributed by atoms with Gasteiger partial charge < -0.3 is 15.6 Å². The quantitative estimate of drug-likeness (QED) is 0.449. The Bertz CT molecular complexity index is 323. The zero-order valence-corrected chi connectivity index (χ0v) is 8.27. The Kier molecular flexibility index (Phi) is 4.10. The largest absolute Gasteiger partial charge is 0.481 e. The number of esters is 2. The molecule has 7 heteroatoms. The van der Waals surface area contributed by atoms with E-state index in [1.807, 2.05) is 0 Å². The number of ketones is 1. The summed E-state index contributed by atoms with van der Waals surface area (Å²) in [7, 11) is 0. The van der Waals surface area contributed by atoms with Crippen molar-refractivity contribution >= 4 is 23.7 Å². The molecule has 0 amide bonds. The van der Waals surface area contributed by atoms with Crippen LogP contribution in [-0.2, 0) is 23.9 Å². The van der Waals surface area contributed by atoms with Crippen molar-refractivity contribution in [1.29, 1.82) is 0 Å². The molecule has 7 nitrogen and oxygen atoms in total. The van der Waals surface area contributed by atoms with E-state index in [9.17, 15) is 19.2 Å². The summed E-state index contributed by atoms with van der Waals surface area (Å²) < 4.78 is 4.09. The van der Waals surface area contributed by atoms with Gasteiger partial charge in [0.2, 0.25) is 0 Å². The van der Waals surface area contributed by atoms with E-state index in [4.69, 9.17) is 10.8 Å². The number of aliphatic carboxylic acids is 1. The van der Waals surface area contributed by atoms with Gasteiger partial charge in [-0.2, -0.15) is 0 Å². The van der Waals surface area contributed by atoms with Crippen molar-refractivity contribution in [2.45, 2.75) is 25.8 Å². The average Bonchev–Trinajstić information content (AvgIpc) is 2.00. The van der Waals surface area contributed by atoms with Crippen molar-refractivity contribution in [2.24, 2.45) is 5.73 Å². The summed E-state index contributed by atoms with van der Waals surface area (Å²) in [5.74, 6) is -4.63. The molecule has 0 saturated carbocycles. The Labute approximate surface area is 85.2 Å². The summed E-state index contributed by atoms with van der Waals surface area (Å²) in [4.78, 5) is 43.1. The Morgan fingerprint density at radius 1 is 1.27 bits per heavy atom. The third-order valence-electron chi connectivity index (χ3n) is 1.66. The zero-order valence-electron chi connectivity index (χ0n) is 8.27. The molecular weight excluding hydrogens is 206 g/mol. The van der Waals surface area contributed by atoms with Gasteiger partial charge in [-0.05, 0) is 6.92 Å². The standard InChI is InChI=1S/C8H11NO6/c1-4(10)8(9,3-6(12)13)7(14)15-5(2)11/h3,9H2,1-2H3,(H,12,13). The Hall–Kier alpha value is -1.76. The average molecular weight is 217 g/mol. The molecular formula is C8H11NO6. The number of rotatable bonds is 4. The molecule has 15 heavy (non-hydrogen) atoms. The van der Waals surface area contributed by atoms with Crippen LogP contribution in [0, 0.1) is 0 Å². The maximum absolute atomic E-state index is 11.2. The van der Waals surface area contributed by atoms with Crippen LogP contribution in [0.4, 0.5) is 0 Å². The number of ether oxygens (including phenoxy) is 1. The molecule has 84 valence electrons. The van der Waals surface area contributed by atoms with E-state index in [0.717, 1.165) is 13.8 Å². The predicted octanol–water partition coefficient (Wildman–Crippen LogP) is -1.16. The van der Waals surface area contributed by atoms with E-state index in [1.165, 1.54) is 0 Å². The first-order valence-corrected chi connectivity index (χ1v) is 3.94. The van der Waals surface area contributed by atoms with Crippen molar-refractivity contribution < 1.29 is 29.0 Å². The number of hydrogen-bond acceptors (Lipinski definition) is 6. The van der Waals surface area contributed by atoms with E-state index in [2.05, 4.69) is 4.74 Å². The van der Waals surface area contributed by atoms with Crippen LogP contribution < -0.4 is 5.73 Å². The molecule has 0 aromatic heterocycles. The van der Waals surface area contributed by atoms with E-state index in [1.54, 1.807) is 0 Å². The molecule has 0 aliphatic heterocycles. The number of Topliss-reactive ketones (excluding diaryl/α,β-unsaturated/α-hetero) is 1. The second-order valence-electron chi connectivity index (χ2n) is 2.98. The molecule has 0 aromatic carbocycles. The lowest BCUT2D eigenvalue weighted by Gasteiger charge is -2.20. The van der Waals surface area contributed by atoms with Crippen molar-refractivity contribution in [3.63, 3.8) is 0 Å². The second kappa shape index (κ2) is 4.65. The SMILES string of the molecule is CC(=O)OC(=O)C(N)(CC(=O)O)C(C)=O. The third-order valence-corrected chi connectivity index (χ3v) is 1.66. The van der Waals surface area contributed by atoms with Crippen molar-refractivity contribution in [3.05, 3.63) is 0 Å². The summed E-state index contributed by atoms with van der Waals surface area (Å²) in [6.45, 7) is 1.89.